The first-order valence-electron chi connectivity index (χ1n) is 11.4. The highest BCUT2D eigenvalue weighted by Crippen LogP contribution is 2.32. The van der Waals surface area contributed by atoms with Gasteiger partial charge in [-0.1, -0.05) is 36.0 Å². The summed E-state index contributed by atoms with van der Waals surface area (Å²) in [6.07, 6.45) is 4.44. The summed E-state index contributed by atoms with van der Waals surface area (Å²) in [7, 11) is 1.62. The lowest BCUT2D eigenvalue weighted by Crippen LogP contribution is -2.56. The third kappa shape index (κ3) is 5.62. The number of carbonyl (C=O) groups is 2. The Morgan fingerprint density at radius 3 is 2.24 bits per heavy atom. The highest BCUT2D eigenvalue weighted by Gasteiger charge is 2.37. The van der Waals surface area contributed by atoms with Crippen LogP contribution >= 0.6 is 23.2 Å². The highest BCUT2D eigenvalue weighted by molar-refractivity contribution is 6.42. The summed E-state index contributed by atoms with van der Waals surface area (Å²) in [5.74, 6) is 1.05. The second-order valence-electron chi connectivity index (χ2n) is 8.66. The minimum Gasteiger partial charge on any atom is -0.497 e. The van der Waals surface area contributed by atoms with Crippen molar-refractivity contribution in [2.75, 3.05) is 38.6 Å². The van der Waals surface area contributed by atoms with Crippen LogP contribution in [0.5, 0.6) is 5.75 Å². The maximum atomic E-state index is 13.4. The average molecular weight is 490 g/mol. The number of anilines is 1. The third-order valence-electron chi connectivity index (χ3n) is 6.63. The van der Waals surface area contributed by atoms with E-state index in [4.69, 9.17) is 27.9 Å². The fraction of sp³-hybridized carbons (Fsp3) is 0.440. The Balaban J connectivity index is 1.42. The van der Waals surface area contributed by atoms with E-state index < -0.39 is 0 Å². The standard InChI is InChI=1S/C25H29Cl2N3O3/c1-33-20-9-7-19(8-10-20)28-24(31)23(17-4-2-3-5-17)29-12-14-30(15-13-29)25(32)18-6-11-21(26)22(27)16-18/h6-11,16-17,23H,2-5,12-15H2,1H3,(H,28,31). The molecule has 2 fully saturated rings. The van der Waals surface area contributed by atoms with Crippen LogP contribution in [-0.2, 0) is 4.79 Å². The van der Waals surface area contributed by atoms with Crippen molar-refractivity contribution >= 4 is 40.7 Å². The van der Waals surface area contributed by atoms with Crippen LogP contribution in [0, 0.1) is 5.92 Å². The van der Waals surface area contributed by atoms with E-state index in [-0.39, 0.29) is 17.9 Å². The number of hydrogen-bond acceptors (Lipinski definition) is 4. The van der Waals surface area contributed by atoms with Crippen LogP contribution in [0.25, 0.3) is 0 Å². The van der Waals surface area contributed by atoms with Crippen LogP contribution in [0.2, 0.25) is 10.0 Å². The summed E-state index contributed by atoms with van der Waals surface area (Å²) in [5, 5.41) is 3.90. The van der Waals surface area contributed by atoms with Gasteiger partial charge >= 0.3 is 0 Å². The maximum Gasteiger partial charge on any atom is 0.253 e. The Kier molecular flexibility index (Phi) is 7.78. The van der Waals surface area contributed by atoms with Crippen molar-refractivity contribution in [1.82, 2.24) is 9.80 Å². The monoisotopic (exact) mass is 489 g/mol. The zero-order chi connectivity index (χ0) is 23.4. The van der Waals surface area contributed by atoms with Gasteiger partial charge in [-0.25, -0.2) is 0 Å². The fourth-order valence-electron chi connectivity index (χ4n) is 4.86. The predicted molar refractivity (Wildman–Crippen MR) is 131 cm³/mol. The molecule has 0 radical (unpaired) electrons. The van der Waals surface area contributed by atoms with Crippen molar-refractivity contribution in [2.24, 2.45) is 5.92 Å². The molecular formula is C25H29Cl2N3O3. The first kappa shape index (κ1) is 23.9. The Morgan fingerprint density at radius 2 is 1.64 bits per heavy atom. The summed E-state index contributed by atoms with van der Waals surface area (Å²) >= 11 is 12.1. The molecule has 2 aromatic carbocycles. The van der Waals surface area contributed by atoms with E-state index in [1.54, 1.807) is 25.3 Å². The lowest BCUT2D eigenvalue weighted by Gasteiger charge is -2.40. The third-order valence-corrected chi connectivity index (χ3v) is 7.37. The van der Waals surface area contributed by atoms with Crippen LogP contribution in [0.15, 0.2) is 42.5 Å². The number of halogens is 2. The minimum atomic E-state index is -0.197. The smallest absolute Gasteiger partial charge is 0.253 e. The Hall–Kier alpha value is -2.28. The molecule has 6 nitrogen and oxygen atoms in total. The number of carbonyl (C=O) groups excluding carboxylic acids is 2. The van der Waals surface area contributed by atoms with Crippen LogP contribution in [-0.4, -0.2) is 60.9 Å². The van der Waals surface area contributed by atoms with E-state index in [2.05, 4.69) is 10.2 Å². The maximum absolute atomic E-state index is 13.4. The number of rotatable bonds is 6. The number of hydrogen-bond donors (Lipinski definition) is 1. The van der Waals surface area contributed by atoms with E-state index in [9.17, 15) is 9.59 Å². The minimum absolute atomic E-state index is 0.0244. The van der Waals surface area contributed by atoms with Gasteiger partial charge in [-0.15, -0.1) is 0 Å². The van der Waals surface area contributed by atoms with E-state index >= 15 is 0 Å². The molecule has 0 spiro atoms. The van der Waals surface area contributed by atoms with Crippen molar-refractivity contribution in [3.05, 3.63) is 58.1 Å². The lowest BCUT2D eigenvalue weighted by molar-refractivity contribution is -0.123. The largest absolute Gasteiger partial charge is 0.497 e. The molecule has 33 heavy (non-hydrogen) atoms. The second kappa shape index (κ2) is 10.8. The molecule has 0 aromatic heterocycles. The zero-order valence-electron chi connectivity index (χ0n) is 18.7. The molecule has 176 valence electrons. The number of nitrogens with zero attached hydrogens (tertiary/aromatic N) is 2. The van der Waals surface area contributed by atoms with Gasteiger partial charge in [-0.3, -0.25) is 14.5 Å². The fourth-order valence-corrected chi connectivity index (χ4v) is 5.15. The quantitative estimate of drug-likeness (QED) is 0.622. The molecule has 1 aliphatic heterocycles. The SMILES string of the molecule is COc1ccc(NC(=O)C(C2CCCC2)N2CCN(C(=O)c3ccc(Cl)c(Cl)c3)CC2)cc1. The number of benzene rings is 2. The van der Waals surface area contributed by atoms with E-state index in [0.29, 0.717) is 47.7 Å². The van der Waals surface area contributed by atoms with Crippen LogP contribution in [0.1, 0.15) is 36.0 Å². The summed E-state index contributed by atoms with van der Waals surface area (Å²) < 4.78 is 5.20. The molecule has 4 rings (SSSR count). The number of amides is 2. The van der Waals surface area contributed by atoms with Gasteiger partial charge in [0.2, 0.25) is 5.91 Å². The molecule has 1 N–H and O–H groups in total. The molecule has 0 bridgehead atoms. The van der Waals surface area contributed by atoms with Gasteiger partial charge in [0.15, 0.2) is 0 Å². The number of nitrogens with one attached hydrogen (secondary N) is 1. The van der Waals surface area contributed by atoms with Gasteiger partial charge in [0.25, 0.3) is 5.91 Å². The molecule has 1 heterocycles. The predicted octanol–water partition coefficient (Wildman–Crippen LogP) is 4.96. The first-order valence-corrected chi connectivity index (χ1v) is 12.1. The summed E-state index contributed by atoms with van der Waals surface area (Å²) in [6.45, 7) is 2.45. The van der Waals surface area contributed by atoms with Crippen molar-refractivity contribution < 1.29 is 14.3 Å². The van der Waals surface area contributed by atoms with E-state index in [1.807, 2.05) is 29.2 Å². The van der Waals surface area contributed by atoms with Crippen LogP contribution in [0.3, 0.4) is 0 Å². The van der Waals surface area contributed by atoms with E-state index in [0.717, 1.165) is 37.1 Å². The molecule has 2 aliphatic rings. The van der Waals surface area contributed by atoms with Gasteiger partial charge in [0.1, 0.15) is 5.75 Å². The molecule has 1 atom stereocenters. The molecule has 2 aromatic rings. The Morgan fingerprint density at radius 1 is 0.970 bits per heavy atom. The summed E-state index contributed by atoms with van der Waals surface area (Å²) in [6, 6.07) is 12.2. The second-order valence-corrected chi connectivity index (χ2v) is 9.48. The van der Waals surface area contributed by atoms with Crippen molar-refractivity contribution in [1.29, 1.82) is 0 Å². The molecule has 8 heteroatoms. The van der Waals surface area contributed by atoms with Gasteiger partial charge in [0, 0.05) is 37.4 Å². The van der Waals surface area contributed by atoms with Crippen molar-refractivity contribution in [3.63, 3.8) is 0 Å². The van der Waals surface area contributed by atoms with Gasteiger partial charge < -0.3 is 15.0 Å². The van der Waals surface area contributed by atoms with Gasteiger partial charge in [-0.2, -0.15) is 0 Å². The molecule has 2 amide bonds. The van der Waals surface area contributed by atoms with Crippen LogP contribution in [0.4, 0.5) is 5.69 Å². The number of methoxy groups -OCH3 is 1. The topological polar surface area (TPSA) is 61.9 Å². The highest BCUT2D eigenvalue weighted by atomic mass is 35.5. The van der Waals surface area contributed by atoms with Crippen LogP contribution < -0.4 is 10.1 Å². The average Bonchev–Trinajstić information content (AvgIpc) is 3.36. The van der Waals surface area contributed by atoms with Gasteiger partial charge in [-0.05, 0) is 61.2 Å². The zero-order valence-corrected chi connectivity index (χ0v) is 20.2. The van der Waals surface area contributed by atoms with Gasteiger partial charge in [0.05, 0.1) is 23.2 Å². The molecule has 1 saturated carbocycles. The molecule has 1 unspecified atom stereocenters. The number of ether oxygens (including phenoxy) is 1. The first-order chi connectivity index (χ1) is 16.0. The Bertz CT molecular complexity index is 985. The van der Waals surface area contributed by atoms with Crippen molar-refractivity contribution in [2.45, 2.75) is 31.7 Å². The molecular weight excluding hydrogens is 461 g/mol. The molecule has 1 saturated heterocycles. The van der Waals surface area contributed by atoms with Crippen molar-refractivity contribution in [3.8, 4) is 5.75 Å². The normalized spacial score (nSPS) is 18.2. The summed E-state index contributed by atoms with van der Waals surface area (Å²) in [5.41, 5.74) is 1.29. The number of piperazine rings is 1. The Labute approximate surface area is 204 Å². The lowest BCUT2D eigenvalue weighted by atomic mass is 9.94. The summed E-state index contributed by atoms with van der Waals surface area (Å²) in [4.78, 5) is 30.4. The van der Waals surface area contributed by atoms with E-state index in [1.165, 1.54) is 0 Å². The molecule has 1 aliphatic carbocycles.